The molecule has 1 unspecified atom stereocenters. The van der Waals surface area contributed by atoms with E-state index in [-0.39, 0.29) is 21.7 Å². The zero-order chi connectivity index (χ0) is 20.7. The average molecular weight is 439 g/mol. The number of benzene rings is 2. The van der Waals surface area contributed by atoms with Crippen molar-refractivity contribution in [3.05, 3.63) is 87.1 Å². The van der Waals surface area contributed by atoms with Crippen LogP contribution in [0.3, 0.4) is 0 Å². The third kappa shape index (κ3) is 3.37. The van der Waals surface area contributed by atoms with E-state index in [1.54, 1.807) is 11.4 Å². The van der Waals surface area contributed by atoms with Gasteiger partial charge in [-0.2, -0.15) is 4.31 Å². The number of carbonyl (C=O) groups excluding carboxylic acids is 1. The van der Waals surface area contributed by atoms with Crippen molar-refractivity contribution in [3.8, 4) is 0 Å². The van der Waals surface area contributed by atoms with Crippen LogP contribution in [0.15, 0.2) is 64.9 Å². The number of thiophene rings is 1. The van der Waals surface area contributed by atoms with Crippen molar-refractivity contribution in [1.29, 1.82) is 0 Å². The molecule has 0 fully saturated rings. The van der Waals surface area contributed by atoms with Gasteiger partial charge in [0.05, 0.1) is 6.04 Å². The van der Waals surface area contributed by atoms with E-state index in [1.165, 1.54) is 26.8 Å². The highest BCUT2D eigenvalue weighted by Crippen LogP contribution is 2.33. The molecule has 0 bridgehead atoms. The van der Waals surface area contributed by atoms with Crippen molar-refractivity contribution in [2.75, 3.05) is 6.54 Å². The van der Waals surface area contributed by atoms with Gasteiger partial charge in [-0.25, -0.2) is 8.42 Å². The highest BCUT2D eigenvalue weighted by Gasteiger charge is 2.33. The van der Waals surface area contributed by atoms with E-state index >= 15 is 0 Å². The maximum absolute atomic E-state index is 13.4. The van der Waals surface area contributed by atoms with Gasteiger partial charge < -0.3 is 5.32 Å². The van der Waals surface area contributed by atoms with Crippen LogP contribution in [-0.2, 0) is 29.4 Å². The lowest BCUT2D eigenvalue weighted by atomic mass is 10.0. The molecule has 2 heterocycles. The van der Waals surface area contributed by atoms with E-state index < -0.39 is 10.0 Å². The molecule has 1 aliphatic heterocycles. The molecular formula is C23H22N2O3S2. The molecule has 2 aliphatic rings. The number of nitrogens with zero attached hydrogens (tertiary/aromatic N) is 1. The summed E-state index contributed by atoms with van der Waals surface area (Å²) in [5.74, 6) is -0.317. The molecule has 7 heteroatoms. The first kappa shape index (κ1) is 19.5. The molecule has 1 amide bonds. The Bertz CT molecular complexity index is 1220. The molecule has 5 nitrogen and oxygen atoms in total. The van der Waals surface area contributed by atoms with Gasteiger partial charge in [-0.1, -0.05) is 48.5 Å². The van der Waals surface area contributed by atoms with Gasteiger partial charge in [-0.3, -0.25) is 4.79 Å². The number of nitrogens with one attached hydrogen (secondary N) is 1. The second kappa shape index (κ2) is 7.65. The van der Waals surface area contributed by atoms with Gasteiger partial charge in [0.25, 0.3) is 5.91 Å². The first-order chi connectivity index (χ1) is 14.5. The van der Waals surface area contributed by atoms with Gasteiger partial charge in [-0.05, 0) is 53.0 Å². The molecule has 0 radical (unpaired) electrons. The summed E-state index contributed by atoms with van der Waals surface area (Å²) in [5, 5.41) is 4.74. The van der Waals surface area contributed by atoms with Crippen LogP contribution in [0.1, 0.15) is 44.4 Å². The minimum absolute atomic E-state index is 0.0757. The summed E-state index contributed by atoms with van der Waals surface area (Å²) in [6.07, 6.45) is 2.44. The number of sulfonamides is 1. The molecule has 2 aromatic carbocycles. The first-order valence-electron chi connectivity index (χ1n) is 10.1. The fourth-order valence-electron chi connectivity index (χ4n) is 4.41. The third-order valence-corrected chi connectivity index (χ3v) is 8.92. The number of amides is 1. The van der Waals surface area contributed by atoms with Crippen LogP contribution < -0.4 is 5.32 Å². The highest BCUT2D eigenvalue weighted by molar-refractivity contribution is 7.89. The Labute approximate surface area is 180 Å². The smallest absolute Gasteiger partial charge is 0.263 e. The quantitative estimate of drug-likeness (QED) is 0.672. The lowest BCUT2D eigenvalue weighted by Crippen LogP contribution is -2.37. The molecule has 1 N–H and O–H groups in total. The maximum Gasteiger partial charge on any atom is 0.263 e. The predicted octanol–water partition coefficient (Wildman–Crippen LogP) is 3.91. The van der Waals surface area contributed by atoms with Crippen molar-refractivity contribution in [3.63, 3.8) is 0 Å². The summed E-state index contributed by atoms with van der Waals surface area (Å²) in [5.41, 5.74) is 4.58. The van der Waals surface area contributed by atoms with Gasteiger partial charge in [0.1, 0.15) is 9.77 Å². The number of hydrogen-bond donors (Lipinski definition) is 1. The summed E-state index contributed by atoms with van der Waals surface area (Å²) in [6.45, 7) is 0.762. The molecule has 0 saturated heterocycles. The van der Waals surface area contributed by atoms with Gasteiger partial charge in [0.2, 0.25) is 10.0 Å². The molecule has 5 rings (SSSR count). The Morgan fingerprint density at radius 2 is 1.70 bits per heavy atom. The number of rotatable bonds is 4. The van der Waals surface area contributed by atoms with Crippen LogP contribution in [0, 0.1) is 0 Å². The Morgan fingerprint density at radius 3 is 2.53 bits per heavy atom. The lowest BCUT2D eigenvalue weighted by Gasteiger charge is -2.28. The minimum Gasteiger partial charge on any atom is -0.344 e. The Kier molecular flexibility index (Phi) is 4.97. The SMILES string of the molecule is O=C(NC1CCc2ccccc21)c1sccc1S(=O)(=O)N1CCc2ccccc2C1. The summed E-state index contributed by atoms with van der Waals surface area (Å²) in [6, 6.07) is 17.5. The van der Waals surface area contributed by atoms with E-state index in [2.05, 4.69) is 11.4 Å². The van der Waals surface area contributed by atoms with E-state index in [0.717, 1.165) is 24.0 Å². The largest absolute Gasteiger partial charge is 0.344 e. The topological polar surface area (TPSA) is 66.5 Å². The zero-order valence-electron chi connectivity index (χ0n) is 16.4. The molecule has 3 aromatic rings. The van der Waals surface area contributed by atoms with Crippen molar-refractivity contribution in [2.45, 2.75) is 36.7 Å². The molecule has 0 saturated carbocycles. The van der Waals surface area contributed by atoms with E-state index in [1.807, 2.05) is 42.5 Å². The third-order valence-electron chi connectivity index (χ3n) is 5.99. The average Bonchev–Trinajstić information content (AvgIpc) is 3.42. The van der Waals surface area contributed by atoms with Crippen molar-refractivity contribution in [2.24, 2.45) is 0 Å². The van der Waals surface area contributed by atoms with Gasteiger partial charge in [0.15, 0.2) is 0 Å². The van der Waals surface area contributed by atoms with E-state index in [0.29, 0.717) is 19.5 Å². The molecule has 30 heavy (non-hydrogen) atoms. The molecule has 154 valence electrons. The van der Waals surface area contributed by atoms with E-state index in [9.17, 15) is 13.2 Å². The summed E-state index contributed by atoms with van der Waals surface area (Å²) in [4.78, 5) is 13.4. The fraction of sp³-hybridized carbons (Fsp3) is 0.261. The second-order valence-corrected chi connectivity index (χ2v) is 10.6. The van der Waals surface area contributed by atoms with Crippen LogP contribution in [0.25, 0.3) is 0 Å². The summed E-state index contributed by atoms with van der Waals surface area (Å²) < 4.78 is 28.2. The monoisotopic (exact) mass is 438 g/mol. The van der Waals surface area contributed by atoms with Crippen LogP contribution in [0.2, 0.25) is 0 Å². The normalized spacial score (nSPS) is 18.6. The highest BCUT2D eigenvalue weighted by atomic mass is 32.2. The van der Waals surface area contributed by atoms with E-state index in [4.69, 9.17) is 0 Å². The summed E-state index contributed by atoms with van der Waals surface area (Å²) >= 11 is 1.18. The second-order valence-electron chi connectivity index (χ2n) is 7.73. The predicted molar refractivity (Wildman–Crippen MR) is 117 cm³/mol. The molecule has 1 aromatic heterocycles. The van der Waals surface area contributed by atoms with Crippen molar-refractivity contribution in [1.82, 2.24) is 9.62 Å². The standard InChI is InChI=1S/C23H22N2O3S2/c26-23(24-20-10-9-17-6-3-4-8-19(17)20)22-21(12-14-29-22)30(27,28)25-13-11-16-5-1-2-7-18(16)15-25/h1-8,12,14,20H,9-11,13,15H2,(H,24,26). The number of aryl methyl sites for hydroxylation is 1. The molecule has 1 aliphatic carbocycles. The molecule has 1 atom stereocenters. The maximum atomic E-state index is 13.4. The van der Waals surface area contributed by atoms with Crippen LogP contribution in [-0.4, -0.2) is 25.2 Å². The van der Waals surface area contributed by atoms with Crippen LogP contribution >= 0.6 is 11.3 Å². The van der Waals surface area contributed by atoms with Gasteiger partial charge in [0, 0.05) is 13.1 Å². The Morgan fingerprint density at radius 1 is 0.967 bits per heavy atom. The van der Waals surface area contributed by atoms with Crippen molar-refractivity contribution < 1.29 is 13.2 Å². The molecular weight excluding hydrogens is 416 g/mol. The number of carbonyl (C=O) groups is 1. The van der Waals surface area contributed by atoms with Crippen molar-refractivity contribution >= 4 is 27.3 Å². The fourth-order valence-corrected chi connectivity index (χ4v) is 7.13. The minimum atomic E-state index is -3.75. The molecule has 0 spiro atoms. The number of hydrogen-bond acceptors (Lipinski definition) is 4. The summed E-state index contributed by atoms with van der Waals surface area (Å²) in [7, 11) is -3.75. The van der Waals surface area contributed by atoms with Crippen LogP contribution in [0.5, 0.6) is 0 Å². The van der Waals surface area contributed by atoms with Gasteiger partial charge in [-0.15, -0.1) is 11.3 Å². The van der Waals surface area contributed by atoms with Crippen LogP contribution in [0.4, 0.5) is 0 Å². The Balaban J connectivity index is 1.39. The number of fused-ring (bicyclic) bond motifs is 2. The van der Waals surface area contributed by atoms with Gasteiger partial charge >= 0.3 is 0 Å². The lowest BCUT2D eigenvalue weighted by molar-refractivity contribution is 0.0937. The first-order valence-corrected chi connectivity index (χ1v) is 12.4. The Hall–Kier alpha value is -2.48. The zero-order valence-corrected chi connectivity index (χ0v) is 18.0.